The fraction of sp³-hybridized carbons (Fsp3) is 0.250. The molecule has 0 spiro atoms. The SMILES string of the molecule is COc1ccc(S(=O)(=O)N[C@H](C)c2ccccc2Cl)cc1OC. The van der Waals surface area contributed by atoms with Gasteiger partial charge in [-0.3, -0.25) is 0 Å². The third kappa shape index (κ3) is 3.96. The normalized spacial score (nSPS) is 12.7. The zero-order valence-corrected chi connectivity index (χ0v) is 14.6. The van der Waals surface area contributed by atoms with Crippen LogP contribution in [0.15, 0.2) is 47.4 Å². The molecule has 0 aliphatic heterocycles. The molecule has 0 fully saturated rings. The van der Waals surface area contributed by atoms with Gasteiger partial charge in [-0.15, -0.1) is 0 Å². The Labute approximate surface area is 141 Å². The molecule has 0 radical (unpaired) electrons. The van der Waals surface area contributed by atoms with Crippen LogP contribution in [-0.4, -0.2) is 22.6 Å². The molecule has 5 nitrogen and oxygen atoms in total. The molecule has 1 atom stereocenters. The summed E-state index contributed by atoms with van der Waals surface area (Å²) in [6.07, 6.45) is 0. The first-order valence-electron chi connectivity index (χ1n) is 6.88. The van der Waals surface area contributed by atoms with E-state index in [0.717, 1.165) is 0 Å². The van der Waals surface area contributed by atoms with E-state index in [1.54, 1.807) is 31.2 Å². The van der Waals surface area contributed by atoms with E-state index in [1.807, 2.05) is 6.07 Å². The van der Waals surface area contributed by atoms with Crippen LogP contribution in [0.25, 0.3) is 0 Å². The highest BCUT2D eigenvalue weighted by atomic mass is 35.5. The molecule has 0 aromatic heterocycles. The molecule has 2 aromatic rings. The van der Waals surface area contributed by atoms with E-state index in [0.29, 0.717) is 22.1 Å². The maximum atomic E-state index is 12.5. The lowest BCUT2D eigenvalue weighted by Gasteiger charge is -2.16. The second-order valence-corrected chi connectivity index (χ2v) is 7.00. The first kappa shape index (κ1) is 17.6. The first-order valence-corrected chi connectivity index (χ1v) is 8.74. The Morgan fingerprint density at radius 1 is 1.04 bits per heavy atom. The largest absolute Gasteiger partial charge is 0.493 e. The lowest BCUT2D eigenvalue weighted by Crippen LogP contribution is -2.27. The number of hydrogen-bond acceptors (Lipinski definition) is 4. The summed E-state index contributed by atoms with van der Waals surface area (Å²) in [5.41, 5.74) is 0.707. The van der Waals surface area contributed by atoms with Crippen LogP contribution >= 0.6 is 11.6 Å². The molecule has 124 valence electrons. The van der Waals surface area contributed by atoms with Gasteiger partial charge in [0, 0.05) is 17.1 Å². The number of rotatable bonds is 6. The summed E-state index contributed by atoms with van der Waals surface area (Å²) in [6, 6.07) is 11.1. The lowest BCUT2D eigenvalue weighted by atomic mass is 10.1. The summed E-state index contributed by atoms with van der Waals surface area (Å²) in [6.45, 7) is 1.74. The number of nitrogens with one attached hydrogen (secondary N) is 1. The van der Waals surface area contributed by atoms with E-state index in [1.165, 1.54) is 26.4 Å². The van der Waals surface area contributed by atoms with E-state index < -0.39 is 16.1 Å². The molecule has 0 amide bonds. The second-order valence-electron chi connectivity index (χ2n) is 4.88. The minimum absolute atomic E-state index is 0.0917. The van der Waals surface area contributed by atoms with Crippen LogP contribution in [0.4, 0.5) is 0 Å². The Morgan fingerprint density at radius 3 is 2.30 bits per heavy atom. The van der Waals surface area contributed by atoms with E-state index >= 15 is 0 Å². The van der Waals surface area contributed by atoms with Crippen LogP contribution in [0.3, 0.4) is 0 Å². The fourth-order valence-electron chi connectivity index (χ4n) is 2.17. The monoisotopic (exact) mass is 355 g/mol. The highest BCUT2D eigenvalue weighted by molar-refractivity contribution is 7.89. The van der Waals surface area contributed by atoms with E-state index in [2.05, 4.69) is 4.72 Å². The smallest absolute Gasteiger partial charge is 0.241 e. The maximum absolute atomic E-state index is 12.5. The number of halogens is 1. The van der Waals surface area contributed by atoms with Crippen LogP contribution < -0.4 is 14.2 Å². The predicted octanol–water partition coefficient (Wildman–Crippen LogP) is 3.40. The van der Waals surface area contributed by atoms with Crippen molar-refractivity contribution in [3.63, 3.8) is 0 Å². The Bertz CT molecular complexity index is 792. The van der Waals surface area contributed by atoms with Gasteiger partial charge in [0.2, 0.25) is 10.0 Å². The molecule has 2 rings (SSSR count). The topological polar surface area (TPSA) is 64.6 Å². The van der Waals surface area contributed by atoms with Crippen LogP contribution in [0.1, 0.15) is 18.5 Å². The van der Waals surface area contributed by atoms with Crippen molar-refractivity contribution in [3.05, 3.63) is 53.1 Å². The fourth-order valence-corrected chi connectivity index (χ4v) is 3.71. The average Bonchev–Trinajstić information content (AvgIpc) is 2.54. The van der Waals surface area contributed by atoms with Gasteiger partial charge in [-0.25, -0.2) is 13.1 Å². The van der Waals surface area contributed by atoms with Crippen molar-refractivity contribution >= 4 is 21.6 Å². The zero-order chi connectivity index (χ0) is 17.0. The average molecular weight is 356 g/mol. The van der Waals surface area contributed by atoms with Gasteiger partial charge in [-0.05, 0) is 30.7 Å². The molecule has 2 aromatic carbocycles. The summed E-state index contributed by atoms with van der Waals surface area (Å²) in [5.74, 6) is 0.811. The quantitative estimate of drug-likeness (QED) is 0.862. The van der Waals surface area contributed by atoms with Crippen LogP contribution in [-0.2, 0) is 10.0 Å². The maximum Gasteiger partial charge on any atom is 0.241 e. The van der Waals surface area contributed by atoms with Gasteiger partial charge in [0.1, 0.15) is 0 Å². The van der Waals surface area contributed by atoms with Crippen molar-refractivity contribution in [1.29, 1.82) is 0 Å². The van der Waals surface area contributed by atoms with Crippen LogP contribution in [0.5, 0.6) is 11.5 Å². The van der Waals surface area contributed by atoms with E-state index in [4.69, 9.17) is 21.1 Å². The van der Waals surface area contributed by atoms with Crippen LogP contribution in [0.2, 0.25) is 5.02 Å². The van der Waals surface area contributed by atoms with Crippen molar-refractivity contribution < 1.29 is 17.9 Å². The van der Waals surface area contributed by atoms with Crippen molar-refractivity contribution in [2.24, 2.45) is 0 Å². The number of sulfonamides is 1. The van der Waals surface area contributed by atoms with Gasteiger partial charge in [0.05, 0.1) is 19.1 Å². The third-order valence-electron chi connectivity index (χ3n) is 3.37. The predicted molar refractivity (Wildman–Crippen MR) is 89.7 cm³/mol. The van der Waals surface area contributed by atoms with Gasteiger partial charge in [0.25, 0.3) is 0 Å². The third-order valence-corrected chi connectivity index (χ3v) is 5.25. The summed E-state index contributed by atoms with van der Waals surface area (Å²) >= 11 is 6.11. The van der Waals surface area contributed by atoms with Crippen molar-refractivity contribution in [1.82, 2.24) is 4.72 Å². The van der Waals surface area contributed by atoms with Crippen LogP contribution in [0, 0.1) is 0 Å². The second kappa shape index (κ2) is 7.21. The molecule has 0 heterocycles. The van der Waals surface area contributed by atoms with Gasteiger partial charge in [0.15, 0.2) is 11.5 Å². The van der Waals surface area contributed by atoms with Crippen molar-refractivity contribution in [2.45, 2.75) is 17.9 Å². The first-order chi connectivity index (χ1) is 10.9. The molecule has 1 N–H and O–H groups in total. The Balaban J connectivity index is 2.30. The summed E-state index contributed by atoms with van der Waals surface area (Å²) < 4.78 is 38.0. The molecule has 0 aliphatic rings. The molecular formula is C16H18ClNO4S. The minimum Gasteiger partial charge on any atom is -0.493 e. The minimum atomic E-state index is -3.73. The molecule has 0 aliphatic carbocycles. The lowest BCUT2D eigenvalue weighted by molar-refractivity contribution is 0.354. The molecule has 0 bridgehead atoms. The van der Waals surface area contributed by atoms with Gasteiger partial charge in [-0.1, -0.05) is 29.8 Å². The summed E-state index contributed by atoms with van der Waals surface area (Å²) in [4.78, 5) is 0.0917. The number of ether oxygens (including phenoxy) is 2. The number of benzene rings is 2. The van der Waals surface area contributed by atoms with Crippen molar-refractivity contribution in [2.75, 3.05) is 14.2 Å². The van der Waals surface area contributed by atoms with E-state index in [-0.39, 0.29) is 4.90 Å². The number of methoxy groups -OCH3 is 2. The standard InChI is InChI=1S/C16H18ClNO4S/c1-11(13-6-4-5-7-14(13)17)18-23(19,20)12-8-9-15(21-2)16(10-12)22-3/h4-11,18H,1-3H3/t11-/m1/s1. The summed E-state index contributed by atoms with van der Waals surface area (Å²) in [7, 11) is -0.784. The van der Waals surface area contributed by atoms with Gasteiger partial charge >= 0.3 is 0 Å². The molecular weight excluding hydrogens is 338 g/mol. The molecule has 0 saturated carbocycles. The Hall–Kier alpha value is -1.76. The number of hydrogen-bond donors (Lipinski definition) is 1. The molecule has 0 saturated heterocycles. The Kier molecular flexibility index (Phi) is 5.51. The van der Waals surface area contributed by atoms with E-state index in [9.17, 15) is 8.42 Å². The van der Waals surface area contributed by atoms with Gasteiger partial charge in [-0.2, -0.15) is 0 Å². The van der Waals surface area contributed by atoms with Gasteiger partial charge < -0.3 is 9.47 Å². The molecule has 0 unspecified atom stereocenters. The highest BCUT2D eigenvalue weighted by Gasteiger charge is 2.21. The van der Waals surface area contributed by atoms with Crippen molar-refractivity contribution in [3.8, 4) is 11.5 Å². The zero-order valence-electron chi connectivity index (χ0n) is 13.0. The highest BCUT2D eigenvalue weighted by Crippen LogP contribution is 2.30. The molecule has 7 heteroatoms. The Morgan fingerprint density at radius 2 is 1.70 bits per heavy atom. The summed E-state index contributed by atoms with van der Waals surface area (Å²) in [5, 5.41) is 0.509. The molecule has 23 heavy (non-hydrogen) atoms.